The van der Waals surface area contributed by atoms with Crippen molar-refractivity contribution >= 4 is 5.91 Å². The van der Waals surface area contributed by atoms with Gasteiger partial charge in [0.25, 0.3) is 0 Å². The van der Waals surface area contributed by atoms with Crippen LogP contribution >= 0.6 is 0 Å². The van der Waals surface area contributed by atoms with Crippen molar-refractivity contribution in [1.82, 2.24) is 10.2 Å². The maximum Gasteiger partial charge on any atom is 0.244 e. The standard InChI is InChI=1S/C16H28N2O/c1-11(2)14-17-16(9-10-16)15(19)18(14)13-8-6-4-5-7-12(13)3/h11-14,17H,4-10H2,1-3H3. The Balaban J connectivity index is 1.85. The summed E-state index contributed by atoms with van der Waals surface area (Å²) in [6.45, 7) is 6.82. The van der Waals surface area contributed by atoms with Gasteiger partial charge < -0.3 is 4.90 Å². The molecule has 2 aliphatic carbocycles. The van der Waals surface area contributed by atoms with E-state index >= 15 is 0 Å². The summed E-state index contributed by atoms with van der Waals surface area (Å²) in [6.07, 6.45) is 8.81. The van der Waals surface area contributed by atoms with Crippen molar-refractivity contribution < 1.29 is 4.79 Å². The zero-order valence-electron chi connectivity index (χ0n) is 12.6. The molecule has 0 aromatic heterocycles. The molecule has 0 bridgehead atoms. The lowest BCUT2D eigenvalue weighted by Gasteiger charge is -2.37. The van der Waals surface area contributed by atoms with Crippen molar-refractivity contribution in [2.75, 3.05) is 0 Å². The highest BCUT2D eigenvalue weighted by atomic mass is 16.2. The molecule has 1 aliphatic heterocycles. The Morgan fingerprint density at radius 2 is 1.89 bits per heavy atom. The summed E-state index contributed by atoms with van der Waals surface area (Å²) >= 11 is 0. The second kappa shape index (κ2) is 4.76. The van der Waals surface area contributed by atoms with Gasteiger partial charge in [-0.2, -0.15) is 0 Å². The first-order chi connectivity index (χ1) is 9.05. The monoisotopic (exact) mass is 264 g/mol. The minimum atomic E-state index is -0.152. The average Bonchev–Trinajstić information content (AvgIpc) is 3.11. The summed E-state index contributed by atoms with van der Waals surface area (Å²) in [5.41, 5.74) is -0.152. The molecule has 0 aromatic carbocycles. The molecular weight excluding hydrogens is 236 g/mol. The second-order valence-corrected chi connectivity index (χ2v) is 7.31. The summed E-state index contributed by atoms with van der Waals surface area (Å²) < 4.78 is 0. The molecule has 108 valence electrons. The van der Waals surface area contributed by atoms with Gasteiger partial charge in [-0.15, -0.1) is 0 Å². The lowest BCUT2D eigenvalue weighted by atomic mass is 9.94. The van der Waals surface area contributed by atoms with E-state index in [0.717, 1.165) is 12.8 Å². The number of nitrogens with zero attached hydrogens (tertiary/aromatic N) is 1. The van der Waals surface area contributed by atoms with Gasteiger partial charge in [-0.1, -0.05) is 40.0 Å². The van der Waals surface area contributed by atoms with Crippen LogP contribution in [0.2, 0.25) is 0 Å². The Labute approximate surface area is 117 Å². The summed E-state index contributed by atoms with van der Waals surface area (Å²) in [6, 6.07) is 0.467. The van der Waals surface area contributed by atoms with E-state index in [2.05, 4.69) is 31.0 Å². The van der Waals surface area contributed by atoms with E-state index in [-0.39, 0.29) is 11.7 Å². The first-order valence-electron chi connectivity index (χ1n) is 8.16. The molecule has 3 fully saturated rings. The molecule has 19 heavy (non-hydrogen) atoms. The van der Waals surface area contributed by atoms with Crippen LogP contribution in [0.5, 0.6) is 0 Å². The average molecular weight is 264 g/mol. The molecule has 0 radical (unpaired) electrons. The van der Waals surface area contributed by atoms with E-state index in [1.807, 2.05) is 0 Å². The fourth-order valence-electron chi connectivity index (χ4n) is 4.00. The van der Waals surface area contributed by atoms with E-state index < -0.39 is 0 Å². The number of amides is 1. The molecule has 1 amide bonds. The third kappa shape index (κ3) is 2.20. The van der Waals surface area contributed by atoms with Gasteiger partial charge in [-0.25, -0.2) is 0 Å². The van der Waals surface area contributed by atoms with Gasteiger partial charge in [0, 0.05) is 6.04 Å². The van der Waals surface area contributed by atoms with Crippen LogP contribution in [0.15, 0.2) is 0 Å². The second-order valence-electron chi connectivity index (χ2n) is 7.31. The van der Waals surface area contributed by atoms with Crippen molar-refractivity contribution in [3.05, 3.63) is 0 Å². The first kappa shape index (κ1) is 13.4. The smallest absolute Gasteiger partial charge is 0.244 e. The topological polar surface area (TPSA) is 32.3 Å². The largest absolute Gasteiger partial charge is 0.322 e. The van der Waals surface area contributed by atoms with Crippen LogP contribution in [0.25, 0.3) is 0 Å². The van der Waals surface area contributed by atoms with Gasteiger partial charge in [0.1, 0.15) is 0 Å². The van der Waals surface area contributed by atoms with Crippen LogP contribution in [-0.4, -0.2) is 28.6 Å². The SMILES string of the molecule is CC(C)C1NC2(CC2)C(=O)N1C1CCCCCC1C. The fourth-order valence-corrected chi connectivity index (χ4v) is 4.00. The zero-order chi connectivity index (χ0) is 13.6. The summed E-state index contributed by atoms with van der Waals surface area (Å²) in [5, 5.41) is 3.66. The molecule has 3 rings (SSSR count). The van der Waals surface area contributed by atoms with Crippen LogP contribution in [0.3, 0.4) is 0 Å². The van der Waals surface area contributed by atoms with Crippen LogP contribution in [0.4, 0.5) is 0 Å². The summed E-state index contributed by atoms with van der Waals surface area (Å²) in [7, 11) is 0. The van der Waals surface area contributed by atoms with Crippen LogP contribution < -0.4 is 5.32 Å². The molecule has 3 unspecified atom stereocenters. The van der Waals surface area contributed by atoms with Gasteiger partial charge in [-0.3, -0.25) is 10.1 Å². The lowest BCUT2D eigenvalue weighted by Crippen LogP contribution is -2.49. The zero-order valence-corrected chi connectivity index (χ0v) is 12.6. The Bertz CT molecular complexity index is 362. The van der Waals surface area contributed by atoms with Gasteiger partial charge >= 0.3 is 0 Å². The Morgan fingerprint density at radius 1 is 1.21 bits per heavy atom. The molecule has 1 saturated heterocycles. The van der Waals surface area contributed by atoms with E-state index in [9.17, 15) is 4.79 Å². The van der Waals surface area contributed by atoms with Gasteiger partial charge in [-0.05, 0) is 37.5 Å². The summed E-state index contributed by atoms with van der Waals surface area (Å²) in [5.74, 6) is 1.56. The fraction of sp³-hybridized carbons (Fsp3) is 0.938. The highest BCUT2D eigenvalue weighted by Crippen LogP contribution is 2.45. The maximum absolute atomic E-state index is 12.8. The molecule has 3 nitrogen and oxygen atoms in total. The normalized spacial score (nSPS) is 38.0. The minimum absolute atomic E-state index is 0.152. The van der Waals surface area contributed by atoms with Gasteiger partial charge in [0.05, 0.1) is 11.7 Å². The number of rotatable bonds is 2. The van der Waals surface area contributed by atoms with Crippen molar-refractivity contribution in [2.45, 2.75) is 83.5 Å². The third-order valence-electron chi connectivity index (χ3n) is 5.42. The predicted molar refractivity (Wildman–Crippen MR) is 76.6 cm³/mol. The van der Waals surface area contributed by atoms with Crippen LogP contribution in [0.1, 0.15) is 65.7 Å². The molecule has 1 heterocycles. The van der Waals surface area contributed by atoms with Crippen LogP contribution in [0, 0.1) is 11.8 Å². The summed E-state index contributed by atoms with van der Waals surface area (Å²) in [4.78, 5) is 15.1. The lowest BCUT2D eigenvalue weighted by molar-refractivity contribution is -0.134. The quantitative estimate of drug-likeness (QED) is 0.778. The molecule has 0 aromatic rings. The minimum Gasteiger partial charge on any atom is -0.322 e. The Kier molecular flexibility index (Phi) is 3.36. The van der Waals surface area contributed by atoms with E-state index in [4.69, 9.17) is 0 Å². The van der Waals surface area contributed by atoms with E-state index in [1.54, 1.807) is 0 Å². The van der Waals surface area contributed by atoms with Gasteiger partial charge in [0.2, 0.25) is 5.91 Å². The van der Waals surface area contributed by atoms with E-state index in [0.29, 0.717) is 23.8 Å². The number of carbonyl (C=O) groups excluding carboxylic acids is 1. The van der Waals surface area contributed by atoms with E-state index in [1.165, 1.54) is 32.1 Å². The first-order valence-corrected chi connectivity index (χ1v) is 8.16. The highest BCUT2D eigenvalue weighted by Gasteiger charge is 2.60. The number of carbonyl (C=O) groups is 1. The third-order valence-corrected chi connectivity index (χ3v) is 5.42. The number of hydrogen-bond acceptors (Lipinski definition) is 2. The molecule has 2 saturated carbocycles. The Morgan fingerprint density at radius 3 is 2.53 bits per heavy atom. The van der Waals surface area contributed by atoms with Crippen LogP contribution in [-0.2, 0) is 4.79 Å². The number of hydrogen-bond donors (Lipinski definition) is 1. The predicted octanol–water partition coefficient (Wildman–Crippen LogP) is 2.90. The number of nitrogens with one attached hydrogen (secondary N) is 1. The molecular formula is C16H28N2O. The molecule has 3 heteroatoms. The van der Waals surface area contributed by atoms with Gasteiger partial charge in [0.15, 0.2) is 0 Å². The van der Waals surface area contributed by atoms with Crippen molar-refractivity contribution in [3.63, 3.8) is 0 Å². The van der Waals surface area contributed by atoms with Crippen molar-refractivity contribution in [2.24, 2.45) is 11.8 Å². The molecule has 1 N–H and O–H groups in total. The highest BCUT2D eigenvalue weighted by molar-refractivity contribution is 5.92. The molecule has 3 aliphatic rings. The van der Waals surface area contributed by atoms with Crippen molar-refractivity contribution in [1.29, 1.82) is 0 Å². The van der Waals surface area contributed by atoms with Crippen molar-refractivity contribution in [3.8, 4) is 0 Å². The maximum atomic E-state index is 12.8. The molecule has 1 spiro atoms. The Hall–Kier alpha value is -0.570. The molecule has 3 atom stereocenters.